The molecule has 2 aromatic carbocycles. The molecule has 7 nitrogen and oxygen atoms in total. The van der Waals surface area contributed by atoms with Crippen molar-refractivity contribution in [1.82, 2.24) is 19.9 Å². The van der Waals surface area contributed by atoms with Crippen LogP contribution in [0.15, 0.2) is 66.3 Å². The van der Waals surface area contributed by atoms with Crippen molar-refractivity contribution in [2.75, 3.05) is 7.11 Å². The molecule has 2 aromatic heterocycles. The molecule has 1 N–H and O–H groups in total. The average Bonchev–Trinajstić information content (AvgIpc) is 3.46. The summed E-state index contributed by atoms with van der Waals surface area (Å²) in [5.74, 6) is 2.06. The summed E-state index contributed by atoms with van der Waals surface area (Å²) in [6.07, 6.45) is 3.73. The lowest BCUT2D eigenvalue weighted by atomic mass is 10.1. The molecule has 170 valence electrons. The number of nitrogens with zero attached hydrogens (tertiary/aromatic N) is 3. The number of rotatable bonds is 9. The number of benzene rings is 2. The van der Waals surface area contributed by atoms with Gasteiger partial charge in [-0.1, -0.05) is 23.7 Å². The van der Waals surface area contributed by atoms with E-state index in [9.17, 15) is 4.79 Å². The molecule has 1 atom stereocenters. The third-order valence-electron chi connectivity index (χ3n) is 4.99. The van der Waals surface area contributed by atoms with Crippen LogP contribution in [0.2, 0.25) is 5.02 Å². The molecule has 0 saturated heterocycles. The Bertz CT molecular complexity index is 1210. The summed E-state index contributed by atoms with van der Waals surface area (Å²) in [4.78, 5) is 21.9. The van der Waals surface area contributed by atoms with Crippen LogP contribution in [0.5, 0.6) is 11.5 Å². The van der Waals surface area contributed by atoms with Gasteiger partial charge in [-0.25, -0.2) is 9.97 Å². The molecule has 33 heavy (non-hydrogen) atoms. The average molecular weight is 483 g/mol. The lowest BCUT2D eigenvalue weighted by Crippen LogP contribution is -2.32. The zero-order chi connectivity index (χ0) is 23.2. The van der Waals surface area contributed by atoms with Gasteiger partial charge in [0.1, 0.15) is 35.0 Å². The van der Waals surface area contributed by atoms with Gasteiger partial charge >= 0.3 is 0 Å². The Labute approximate surface area is 201 Å². The molecule has 0 bridgehead atoms. The van der Waals surface area contributed by atoms with Gasteiger partial charge in [0.15, 0.2) is 0 Å². The molecular formula is C24H23ClN4O3S. The van der Waals surface area contributed by atoms with Crippen LogP contribution in [-0.4, -0.2) is 27.6 Å². The Morgan fingerprint density at radius 2 is 1.88 bits per heavy atom. The number of hydrogen-bond acceptors (Lipinski definition) is 6. The first-order chi connectivity index (χ1) is 16.0. The van der Waals surface area contributed by atoms with Crippen LogP contribution in [-0.2, 0) is 24.9 Å². The topological polar surface area (TPSA) is 78.3 Å². The summed E-state index contributed by atoms with van der Waals surface area (Å²) in [6, 6.07) is 14.3. The molecule has 0 fully saturated rings. The minimum atomic E-state index is -0.394. The maximum atomic E-state index is 12.9. The fraction of sp³-hybridized carbons (Fsp3) is 0.208. The molecule has 2 heterocycles. The van der Waals surface area contributed by atoms with Gasteiger partial charge in [-0.3, -0.25) is 4.79 Å². The number of halogens is 1. The van der Waals surface area contributed by atoms with Crippen molar-refractivity contribution in [1.29, 1.82) is 0 Å². The van der Waals surface area contributed by atoms with Gasteiger partial charge in [-0.05, 0) is 42.0 Å². The number of hydrogen-bond donors (Lipinski definition) is 1. The van der Waals surface area contributed by atoms with Crippen molar-refractivity contribution in [3.8, 4) is 11.5 Å². The van der Waals surface area contributed by atoms with Crippen molar-refractivity contribution in [3.05, 3.63) is 93.4 Å². The smallest absolute Gasteiger partial charge is 0.226 e. The molecule has 1 amide bonds. The molecule has 0 radical (unpaired) electrons. The predicted octanol–water partition coefficient (Wildman–Crippen LogP) is 4.57. The van der Waals surface area contributed by atoms with Gasteiger partial charge in [-0.15, -0.1) is 11.3 Å². The summed E-state index contributed by atoms with van der Waals surface area (Å²) in [5, 5.41) is 6.42. The first kappa shape index (κ1) is 22.8. The molecule has 9 heteroatoms. The quantitative estimate of drug-likeness (QED) is 0.378. The minimum Gasteiger partial charge on any atom is -0.497 e. The molecule has 0 saturated carbocycles. The van der Waals surface area contributed by atoms with Crippen molar-refractivity contribution in [2.24, 2.45) is 7.05 Å². The Balaban J connectivity index is 1.41. The van der Waals surface area contributed by atoms with E-state index in [-0.39, 0.29) is 12.3 Å². The maximum absolute atomic E-state index is 12.9. The largest absolute Gasteiger partial charge is 0.497 e. The van der Waals surface area contributed by atoms with Crippen molar-refractivity contribution in [3.63, 3.8) is 0 Å². The SMILES string of the molecule is COc1ccc(C(NC(=O)Cc2csc(COc3ccc(Cl)cc3)n2)c2nccn2C)cc1. The van der Waals surface area contributed by atoms with Gasteiger partial charge in [0.05, 0.1) is 19.2 Å². The lowest BCUT2D eigenvalue weighted by molar-refractivity contribution is -0.121. The highest BCUT2D eigenvalue weighted by molar-refractivity contribution is 7.09. The molecule has 0 spiro atoms. The van der Waals surface area contributed by atoms with Crippen LogP contribution >= 0.6 is 22.9 Å². The lowest BCUT2D eigenvalue weighted by Gasteiger charge is -2.19. The van der Waals surface area contributed by atoms with Crippen LogP contribution in [0, 0.1) is 0 Å². The molecule has 1 unspecified atom stereocenters. The number of thiazole rings is 1. The fourth-order valence-electron chi connectivity index (χ4n) is 3.30. The normalized spacial score (nSPS) is 11.7. The van der Waals surface area contributed by atoms with E-state index in [4.69, 9.17) is 21.1 Å². The number of carbonyl (C=O) groups is 1. The van der Waals surface area contributed by atoms with Crippen molar-refractivity contribution < 1.29 is 14.3 Å². The second-order valence-electron chi connectivity index (χ2n) is 7.32. The number of ether oxygens (including phenoxy) is 2. The summed E-state index contributed by atoms with van der Waals surface area (Å²) in [5.41, 5.74) is 1.61. The van der Waals surface area contributed by atoms with Gasteiger partial charge in [0.25, 0.3) is 0 Å². The summed E-state index contributed by atoms with van der Waals surface area (Å²) in [7, 11) is 3.52. The molecule has 0 aliphatic carbocycles. The third kappa shape index (κ3) is 5.91. The minimum absolute atomic E-state index is 0.144. The van der Waals surface area contributed by atoms with Gasteiger partial charge < -0.3 is 19.4 Å². The molecule has 0 aliphatic rings. The number of amides is 1. The van der Waals surface area contributed by atoms with Crippen molar-refractivity contribution >= 4 is 28.8 Å². The number of methoxy groups -OCH3 is 1. The Kier molecular flexibility index (Phi) is 7.26. The van der Waals surface area contributed by atoms with E-state index in [1.807, 2.05) is 47.5 Å². The summed E-state index contributed by atoms with van der Waals surface area (Å²) < 4.78 is 12.9. The van der Waals surface area contributed by atoms with Crippen molar-refractivity contribution in [2.45, 2.75) is 19.1 Å². The molecular weight excluding hydrogens is 460 g/mol. The van der Waals surface area contributed by atoms with E-state index >= 15 is 0 Å². The predicted molar refractivity (Wildman–Crippen MR) is 128 cm³/mol. The Morgan fingerprint density at radius 3 is 2.55 bits per heavy atom. The standard InChI is InChI=1S/C24H23ClN4O3S/c1-29-12-11-26-24(29)23(16-3-7-19(31-2)8-4-16)28-21(30)13-18-15-33-22(27-18)14-32-20-9-5-17(25)6-10-20/h3-12,15,23H,13-14H2,1-2H3,(H,28,30). The number of carbonyl (C=O) groups excluding carboxylic acids is 1. The second kappa shape index (κ2) is 10.5. The van der Waals surface area contributed by atoms with E-state index in [2.05, 4.69) is 15.3 Å². The Morgan fingerprint density at radius 1 is 1.15 bits per heavy atom. The number of aryl methyl sites for hydroxylation is 1. The zero-order valence-electron chi connectivity index (χ0n) is 18.2. The monoisotopic (exact) mass is 482 g/mol. The highest BCUT2D eigenvalue weighted by Crippen LogP contribution is 2.23. The van der Waals surface area contributed by atoms with E-state index in [0.29, 0.717) is 23.1 Å². The van der Waals surface area contributed by atoms with Gasteiger partial charge in [-0.2, -0.15) is 0 Å². The summed E-state index contributed by atoms with van der Waals surface area (Å²) >= 11 is 7.36. The molecule has 4 aromatic rings. The first-order valence-electron chi connectivity index (χ1n) is 10.2. The van der Waals surface area contributed by atoms with Gasteiger partial charge in [0.2, 0.25) is 5.91 Å². The first-order valence-corrected chi connectivity index (χ1v) is 11.5. The molecule has 0 aliphatic heterocycles. The van der Waals surface area contributed by atoms with Crippen LogP contribution in [0.1, 0.15) is 28.1 Å². The summed E-state index contributed by atoms with van der Waals surface area (Å²) in [6.45, 7) is 0.329. The van der Waals surface area contributed by atoms with Crippen LogP contribution < -0.4 is 14.8 Å². The fourth-order valence-corrected chi connectivity index (χ4v) is 4.13. The molecule has 4 rings (SSSR count). The highest BCUT2D eigenvalue weighted by atomic mass is 35.5. The van der Waals surface area contributed by atoms with Crippen LogP contribution in [0.3, 0.4) is 0 Å². The zero-order valence-corrected chi connectivity index (χ0v) is 19.8. The van der Waals surface area contributed by atoms with Gasteiger partial charge in [0, 0.05) is 29.8 Å². The number of aromatic nitrogens is 3. The Hall–Kier alpha value is -3.36. The van der Waals surface area contributed by atoms with Crippen LogP contribution in [0.4, 0.5) is 0 Å². The maximum Gasteiger partial charge on any atom is 0.226 e. The second-order valence-corrected chi connectivity index (χ2v) is 8.70. The van der Waals surface area contributed by atoms with E-state index < -0.39 is 6.04 Å². The van der Waals surface area contributed by atoms with E-state index in [1.54, 1.807) is 37.6 Å². The van der Waals surface area contributed by atoms with E-state index in [1.165, 1.54) is 11.3 Å². The number of nitrogens with one attached hydrogen (secondary N) is 1. The number of imidazole rings is 1. The van der Waals surface area contributed by atoms with Crippen LogP contribution in [0.25, 0.3) is 0 Å². The van der Waals surface area contributed by atoms with E-state index in [0.717, 1.165) is 22.1 Å². The third-order valence-corrected chi connectivity index (χ3v) is 6.11. The highest BCUT2D eigenvalue weighted by Gasteiger charge is 2.21.